The first kappa shape index (κ1) is 8.46. The summed E-state index contributed by atoms with van der Waals surface area (Å²) >= 11 is 8.07. The van der Waals surface area contributed by atoms with Gasteiger partial charge in [0.2, 0.25) is 0 Å². The third kappa shape index (κ3) is 1.25. The first-order valence-electron chi connectivity index (χ1n) is 4.07. The lowest BCUT2D eigenvalue weighted by Crippen LogP contribution is -2.01. The Kier molecular flexibility index (Phi) is 2.33. The van der Waals surface area contributed by atoms with E-state index in [2.05, 4.69) is 30.5 Å². The lowest BCUT2D eigenvalue weighted by Gasteiger charge is -2.10. The molecule has 0 radical (unpaired) electrons. The van der Waals surface area contributed by atoms with Gasteiger partial charge in [0, 0.05) is 5.25 Å². The highest BCUT2D eigenvalue weighted by Gasteiger charge is 2.29. The van der Waals surface area contributed by atoms with Gasteiger partial charge >= 0.3 is 0 Å². The Bertz CT molecular complexity index is 285. The number of fused-ring (bicyclic) bond motifs is 1. The molecule has 0 spiro atoms. The van der Waals surface area contributed by atoms with E-state index in [0.717, 1.165) is 6.42 Å². The fourth-order valence-electron chi connectivity index (χ4n) is 1.78. The van der Waals surface area contributed by atoms with Crippen LogP contribution in [0.2, 0.25) is 0 Å². The van der Waals surface area contributed by atoms with E-state index < -0.39 is 0 Å². The van der Waals surface area contributed by atoms with Gasteiger partial charge in [0.1, 0.15) is 0 Å². The molecule has 1 aromatic rings. The zero-order chi connectivity index (χ0) is 8.55. The summed E-state index contributed by atoms with van der Waals surface area (Å²) < 4.78 is 0. The van der Waals surface area contributed by atoms with Crippen LogP contribution in [0.15, 0.2) is 24.3 Å². The van der Waals surface area contributed by atoms with Crippen LogP contribution < -0.4 is 0 Å². The molecule has 12 heavy (non-hydrogen) atoms. The normalized spacial score (nSPS) is 27.2. The minimum absolute atomic E-state index is 0.289. The predicted molar refractivity (Wildman–Crippen MR) is 56.0 cm³/mol. The molecule has 2 rings (SSSR count). The molecule has 64 valence electrons. The number of hydrogen-bond donors (Lipinski definition) is 0. The zero-order valence-corrected chi connectivity index (χ0v) is 8.53. The molecular weight excluding hydrogens is 188 g/mol. The number of thioether (sulfide) groups is 1. The summed E-state index contributed by atoms with van der Waals surface area (Å²) in [6, 6.07) is 8.56. The summed E-state index contributed by atoms with van der Waals surface area (Å²) in [4.78, 5) is 0. The second kappa shape index (κ2) is 3.31. The van der Waals surface area contributed by atoms with Crippen molar-refractivity contribution in [3.8, 4) is 0 Å². The van der Waals surface area contributed by atoms with Crippen molar-refractivity contribution in [3.05, 3.63) is 35.4 Å². The minimum atomic E-state index is 0.289. The number of rotatable bonds is 1. The van der Waals surface area contributed by atoms with E-state index in [0.29, 0.717) is 5.25 Å². The summed E-state index contributed by atoms with van der Waals surface area (Å²) in [5.74, 6) is 0. The first-order valence-corrected chi connectivity index (χ1v) is 5.80. The molecule has 0 heterocycles. The molecule has 0 nitrogen and oxygen atoms in total. The average molecular weight is 199 g/mol. The molecule has 2 atom stereocenters. The van der Waals surface area contributed by atoms with E-state index in [-0.39, 0.29) is 5.38 Å². The van der Waals surface area contributed by atoms with E-state index in [1.165, 1.54) is 11.1 Å². The van der Waals surface area contributed by atoms with Gasteiger partial charge in [-0.3, -0.25) is 0 Å². The van der Waals surface area contributed by atoms with E-state index in [1.807, 2.05) is 11.8 Å². The molecule has 0 amide bonds. The van der Waals surface area contributed by atoms with Crippen molar-refractivity contribution in [2.75, 3.05) is 6.26 Å². The van der Waals surface area contributed by atoms with Crippen LogP contribution in [0.4, 0.5) is 0 Å². The van der Waals surface area contributed by atoms with Crippen molar-refractivity contribution in [1.29, 1.82) is 0 Å². The molecule has 1 aliphatic carbocycles. The third-order valence-corrected chi connectivity index (χ3v) is 4.00. The molecule has 1 aliphatic rings. The smallest absolute Gasteiger partial charge is 0.0536 e. The van der Waals surface area contributed by atoms with Crippen molar-refractivity contribution in [1.82, 2.24) is 0 Å². The quantitative estimate of drug-likeness (QED) is 0.625. The van der Waals surface area contributed by atoms with Crippen LogP contribution in [0.3, 0.4) is 0 Å². The molecule has 0 aromatic heterocycles. The van der Waals surface area contributed by atoms with Crippen molar-refractivity contribution < 1.29 is 0 Å². The van der Waals surface area contributed by atoms with Crippen molar-refractivity contribution in [2.24, 2.45) is 0 Å². The molecule has 0 unspecified atom stereocenters. The van der Waals surface area contributed by atoms with Crippen molar-refractivity contribution >= 4 is 23.4 Å². The second-order valence-electron chi connectivity index (χ2n) is 3.08. The zero-order valence-electron chi connectivity index (χ0n) is 6.96. The summed E-state index contributed by atoms with van der Waals surface area (Å²) in [5.41, 5.74) is 2.86. The lowest BCUT2D eigenvalue weighted by atomic mass is 10.1. The first-order chi connectivity index (χ1) is 5.83. The highest BCUT2D eigenvalue weighted by atomic mass is 35.5. The highest BCUT2D eigenvalue weighted by molar-refractivity contribution is 7.98. The molecular formula is C10H11ClS. The molecule has 0 aliphatic heterocycles. The maximum Gasteiger partial charge on any atom is 0.0536 e. The van der Waals surface area contributed by atoms with Crippen LogP contribution in [0.5, 0.6) is 0 Å². The number of halogens is 1. The molecule has 0 fully saturated rings. The maximum atomic E-state index is 6.22. The Morgan fingerprint density at radius 2 is 2.17 bits per heavy atom. The Labute approximate surface area is 82.3 Å². The van der Waals surface area contributed by atoms with Crippen molar-refractivity contribution in [3.63, 3.8) is 0 Å². The monoisotopic (exact) mass is 198 g/mol. The Balaban J connectivity index is 2.40. The fourth-order valence-corrected chi connectivity index (χ4v) is 3.27. The van der Waals surface area contributed by atoms with Crippen LogP contribution in [0, 0.1) is 0 Å². The van der Waals surface area contributed by atoms with Gasteiger partial charge in [0.25, 0.3) is 0 Å². The number of benzene rings is 1. The minimum Gasteiger partial charge on any atom is -0.156 e. The molecule has 0 bridgehead atoms. The molecule has 0 saturated heterocycles. The van der Waals surface area contributed by atoms with E-state index in [1.54, 1.807) is 0 Å². The van der Waals surface area contributed by atoms with Crippen LogP contribution in [-0.2, 0) is 6.42 Å². The van der Waals surface area contributed by atoms with Crippen LogP contribution >= 0.6 is 23.4 Å². The van der Waals surface area contributed by atoms with Gasteiger partial charge in [-0.05, 0) is 23.8 Å². The van der Waals surface area contributed by atoms with Crippen LogP contribution in [-0.4, -0.2) is 11.6 Å². The van der Waals surface area contributed by atoms with E-state index in [4.69, 9.17) is 11.6 Å². The summed E-state index contributed by atoms with van der Waals surface area (Å²) in [7, 11) is 0. The fraction of sp³-hybridized carbons (Fsp3) is 0.400. The van der Waals surface area contributed by atoms with Gasteiger partial charge in [-0.2, -0.15) is 11.8 Å². The SMILES string of the molecule is CS[C@H]1c2ccccc2C[C@@H]1Cl. The summed E-state index contributed by atoms with van der Waals surface area (Å²) in [5, 5.41) is 0.792. The van der Waals surface area contributed by atoms with Gasteiger partial charge in [-0.25, -0.2) is 0 Å². The van der Waals surface area contributed by atoms with Gasteiger partial charge in [0.05, 0.1) is 5.38 Å². The van der Waals surface area contributed by atoms with Gasteiger partial charge in [-0.15, -0.1) is 11.6 Å². The van der Waals surface area contributed by atoms with Gasteiger partial charge < -0.3 is 0 Å². The molecule has 1 aromatic carbocycles. The summed E-state index contributed by atoms with van der Waals surface area (Å²) in [6.07, 6.45) is 3.16. The Morgan fingerprint density at radius 3 is 2.92 bits per heavy atom. The Morgan fingerprint density at radius 1 is 1.42 bits per heavy atom. The Hall–Kier alpha value is -0.140. The number of alkyl halides is 1. The molecule has 0 N–H and O–H groups in total. The van der Waals surface area contributed by atoms with Crippen LogP contribution in [0.1, 0.15) is 16.4 Å². The van der Waals surface area contributed by atoms with E-state index in [9.17, 15) is 0 Å². The third-order valence-electron chi connectivity index (χ3n) is 2.36. The summed E-state index contributed by atoms with van der Waals surface area (Å²) in [6.45, 7) is 0. The largest absolute Gasteiger partial charge is 0.156 e. The highest BCUT2D eigenvalue weighted by Crippen LogP contribution is 2.42. The standard InChI is InChI=1S/C10H11ClS/c1-12-10-8-5-3-2-4-7(8)6-9(10)11/h2-5,9-10H,6H2,1H3/t9-,10-/m0/s1. The van der Waals surface area contributed by atoms with Gasteiger partial charge in [-0.1, -0.05) is 24.3 Å². The maximum absolute atomic E-state index is 6.22. The van der Waals surface area contributed by atoms with Gasteiger partial charge in [0.15, 0.2) is 0 Å². The topological polar surface area (TPSA) is 0 Å². The van der Waals surface area contributed by atoms with Crippen LogP contribution in [0.25, 0.3) is 0 Å². The second-order valence-corrected chi connectivity index (χ2v) is 4.62. The molecule has 0 saturated carbocycles. The lowest BCUT2D eigenvalue weighted by molar-refractivity contribution is 0.904. The average Bonchev–Trinajstić information content (AvgIpc) is 2.40. The molecule has 2 heteroatoms. The van der Waals surface area contributed by atoms with Crippen molar-refractivity contribution in [2.45, 2.75) is 17.0 Å². The van der Waals surface area contributed by atoms with E-state index >= 15 is 0 Å². The number of hydrogen-bond acceptors (Lipinski definition) is 1. The predicted octanol–water partition coefficient (Wildman–Crippen LogP) is 3.25.